The highest BCUT2D eigenvalue weighted by molar-refractivity contribution is 5.73. The second kappa shape index (κ2) is 4.04. The molecule has 1 atom stereocenters. The first kappa shape index (κ1) is 9.73. The Morgan fingerprint density at radius 2 is 2.54 bits per heavy atom. The predicted octanol–water partition coefficient (Wildman–Crippen LogP) is 0.582. The fourth-order valence-electron chi connectivity index (χ4n) is 1.07. The standard InChI is InChI=1S/C8H12N2O3/c1-3-13-7(8(11)12)6-4-9-5-10(6)2/h4-5,7H,3H2,1-2H3,(H,11,12). The smallest absolute Gasteiger partial charge is 0.339 e. The van der Waals surface area contributed by atoms with Crippen LogP contribution >= 0.6 is 0 Å². The van der Waals surface area contributed by atoms with Crippen LogP contribution in [0.5, 0.6) is 0 Å². The topological polar surface area (TPSA) is 64.3 Å². The molecule has 0 fully saturated rings. The van der Waals surface area contributed by atoms with Crippen molar-refractivity contribution in [2.75, 3.05) is 6.61 Å². The molecule has 1 N–H and O–H groups in total. The van der Waals surface area contributed by atoms with Crippen LogP contribution in [0, 0.1) is 0 Å². The third kappa shape index (κ3) is 2.06. The Labute approximate surface area is 76.0 Å². The Balaban J connectivity index is 2.88. The molecule has 0 amide bonds. The van der Waals surface area contributed by atoms with Crippen LogP contribution in [-0.4, -0.2) is 27.2 Å². The quantitative estimate of drug-likeness (QED) is 0.743. The van der Waals surface area contributed by atoms with E-state index >= 15 is 0 Å². The van der Waals surface area contributed by atoms with E-state index in [1.54, 1.807) is 24.9 Å². The van der Waals surface area contributed by atoms with E-state index in [-0.39, 0.29) is 0 Å². The summed E-state index contributed by atoms with van der Waals surface area (Å²) in [5.41, 5.74) is 0.550. The SMILES string of the molecule is CCOC(C(=O)O)c1cncn1C. The Morgan fingerprint density at radius 3 is 2.92 bits per heavy atom. The van der Waals surface area contributed by atoms with E-state index in [2.05, 4.69) is 4.98 Å². The lowest BCUT2D eigenvalue weighted by molar-refractivity contribution is -0.151. The van der Waals surface area contributed by atoms with E-state index in [9.17, 15) is 4.79 Å². The van der Waals surface area contributed by atoms with E-state index in [0.717, 1.165) is 0 Å². The van der Waals surface area contributed by atoms with Gasteiger partial charge in [0.05, 0.1) is 18.2 Å². The molecule has 0 radical (unpaired) electrons. The zero-order valence-corrected chi connectivity index (χ0v) is 7.60. The fourth-order valence-corrected chi connectivity index (χ4v) is 1.07. The minimum atomic E-state index is -0.995. The van der Waals surface area contributed by atoms with Gasteiger partial charge in [-0.05, 0) is 6.92 Å². The van der Waals surface area contributed by atoms with Gasteiger partial charge in [0.2, 0.25) is 0 Å². The number of hydrogen-bond donors (Lipinski definition) is 1. The summed E-state index contributed by atoms with van der Waals surface area (Å²) in [6.07, 6.45) is 2.12. The minimum Gasteiger partial charge on any atom is -0.479 e. The molecule has 5 nitrogen and oxygen atoms in total. The van der Waals surface area contributed by atoms with Crippen LogP contribution in [0.4, 0.5) is 0 Å². The molecular weight excluding hydrogens is 172 g/mol. The van der Waals surface area contributed by atoms with Crippen LogP contribution in [-0.2, 0) is 16.6 Å². The summed E-state index contributed by atoms with van der Waals surface area (Å²) in [5.74, 6) is -0.995. The van der Waals surface area contributed by atoms with Crippen molar-refractivity contribution in [2.24, 2.45) is 7.05 Å². The van der Waals surface area contributed by atoms with Crippen molar-refractivity contribution >= 4 is 5.97 Å². The first-order valence-electron chi connectivity index (χ1n) is 3.97. The first-order valence-corrected chi connectivity index (χ1v) is 3.97. The summed E-state index contributed by atoms with van der Waals surface area (Å²) in [4.78, 5) is 14.6. The molecule has 0 aromatic carbocycles. The fraction of sp³-hybridized carbons (Fsp3) is 0.500. The van der Waals surface area contributed by atoms with Crippen LogP contribution in [0.1, 0.15) is 18.7 Å². The number of imidazole rings is 1. The van der Waals surface area contributed by atoms with Gasteiger partial charge in [-0.25, -0.2) is 9.78 Å². The van der Waals surface area contributed by atoms with E-state index in [0.29, 0.717) is 12.3 Å². The van der Waals surface area contributed by atoms with Gasteiger partial charge in [-0.3, -0.25) is 0 Å². The van der Waals surface area contributed by atoms with Gasteiger partial charge in [0.15, 0.2) is 6.10 Å². The number of rotatable bonds is 4. The van der Waals surface area contributed by atoms with Gasteiger partial charge in [0.25, 0.3) is 0 Å². The van der Waals surface area contributed by atoms with E-state index < -0.39 is 12.1 Å². The molecule has 0 spiro atoms. The maximum atomic E-state index is 10.8. The molecule has 1 aromatic heterocycles. The molecule has 13 heavy (non-hydrogen) atoms. The highest BCUT2D eigenvalue weighted by atomic mass is 16.5. The number of aliphatic carboxylic acids is 1. The third-order valence-corrected chi connectivity index (χ3v) is 1.68. The van der Waals surface area contributed by atoms with Crippen LogP contribution in [0.3, 0.4) is 0 Å². The largest absolute Gasteiger partial charge is 0.479 e. The highest BCUT2D eigenvalue weighted by Gasteiger charge is 2.22. The predicted molar refractivity (Wildman–Crippen MR) is 45.2 cm³/mol. The zero-order valence-electron chi connectivity index (χ0n) is 7.60. The summed E-state index contributed by atoms with van der Waals surface area (Å²) in [6.45, 7) is 2.12. The minimum absolute atomic E-state index is 0.363. The molecule has 1 aromatic rings. The number of aryl methyl sites for hydroxylation is 1. The van der Waals surface area contributed by atoms with Gasteiger partial charge < -0.3 is 14.4 Å². The Hall–Kier alpha value is -1.36. The van der Waals surface area contributed by atoms with E-state index in [4.69, 9.17) is 9.84 Å². The monoisotopic (exact) mass is 184 g/mol. The molecule has 1 unspecified atom stereocenters. The van der Waals surface area contributed by atoms with Crippen molar-refractivity contribution in [3.63, 3.8) is 0 Å². The molecule has 0 saturated carbocycles. The molecule has 72 valence electrons. The Bertz CT molecular complexity index is 295. The maximum Gasteiger partial charge on any atom is 0.339 e. The second-order valence-electron chi connectivity index (χ2n) is 2.60. The van der Waals surface area contributed by atoms with Gasteiger partial charge in [0.1, 0.15) is 0 Å². The third-order valence-electron chi connectivity index (χ3n) is 1.68. The van der Waals surface area contributed by atoms with Crippen molar-refractivity contribution in [3.8, 4) is 0 Å². The highest BCUT2D eigenvalue weighted by Crippen LogP contribution is 2.15. The molecule has 0 aliphatic rings. The van der Waals surface area contributed by atoms with Crippen molar-refractivity contribution in [1.82, 2.24) is 9.55 Å². The first-order chi connectivity index (χ1) is 6.16. The molecule has 5 heteroatoms. The lowest BCUT2D eigenvalue weighted by Crippen LogP contribution is -2.17. The van der Waals surface area contributed by atoms with E-state index in [1.807, 2.05) is 0 Å². The van der Waals surface area contributed by atoms with Crippen molar-refractivity contribution in [3.05, 3.63) is 18.2 Å². The molecule has 0 aliphatic heterocycles. The number of ether oxygens (including phenoxy) is 1. The average molecular weight is 184 g/mol. The summed E-state index contributed by atoms with van der Waals surface area (Å²) in [7, 11) is 1.73. The van der Waals surface area contributed by atoms with Gasteiger partial charge in [-0.15, -0.1) is 0 Å². The lowest BCUT2D eigenvalue weighted by atomic mass is 10.3. The summed E-state index contributed by atoms with van der Waals surface area (Å²) in [6, 6.07) is 0. The Kier molecular flexibility index (Phi) is 3.02. The number of aromatic nitrogens is 2. The Morgan fingerprint density at radius 1 is 1.85 bits per heavy atom. The molecule has 0 bridgehead atoms. The van der Waals surface area contributed by atoms with Crippen LogP contribution in [0.2, 0.25) is 0 Å². The van der Waals surface area contributed by atoms with Gasteiger partial charge in [-0.1, -0.05) is 0 Å². The van der Waals surface area contributed by atoms with Crippen molar-refractivity contribution in [1.29, 1.82) is 0 Å². The van der Waals surface area contributed by atoms with Gasteiger partial charge >= 0.3 is 5.97 Å². The maximum absolute atomic E-state index is 10.8. The summed E-state index contributed by atoms with van der Waals surface area (Å²) in [5, 5.41) is 8.83. The van der Waals surface area contributed by atoms with Crippen molar-refractivity contribution in [2.45, 2.75) is 13.0 Å². The van der Waals surface area contributed by atoms with Crippen LogP contribution in [0.15, 0.2) is 12.5 Å². The number of carbonyl (C=O) groups is 1. The molecule has 0 aliphatic carbocycles. The summed E-state index contributed by atoms with van der Waals surface area (Å²) < 4.78 is 6.70. The number of nitrogens with zero attached hydrogens (tertiary/aromatic N) is 2. The van der Waals surface area contributed by atoms with Crippen molar-refractivity contribution < 1.29 is 14.6 Å². The zero-order chi connectivity index (χ0) is 9.84. The normalized spacial score (nSPS) is 12.8. The summed E-state index contributed by atoms with van der Waals surface area (Å²) >= 11 is 0. The number of carboxylic acids is 1. The average Bonchev–Trinajstić information content (AvgIpc) is 2.47. The van der Waals surface area contributed by atoms with Crippen LogP contribution in [0.25, 0.3) is 0 Å². The molecule has 0 saturated heterocycles. The van der Waals surface area contributed by atoms with E-state index in [1.165, 1.54) is 6.20 Å². The molecular formula is C8H12N2O3. The van der Waals surface area contributed by atoms with Crippen LogP contribution < -0.4 is 0 Å². The molecule has 1 heterocycles. The lowest BCUT2D eigenvalue weighted by Gasteiger charge is -2.12. The van der Waals surface area contributed by atoms with Gasteiger partial charge in [0, 0.05) is 13.7 Å². The van der Waals surface area contributed by atoms with Gasteiger partial charge in [-0.2, -0.15) is 0 Å². The number of hydrogen-bond acceptors (Lipinski definition) is 3. The number of carboxylic acid groups (broad SMARTS) is 1. The second-order valence-corrected chi connectivity index (χ2v) is 2.60. The molecule has 1 rings (SSSR count).